The smallest absolute Gasteiger partial charge is 0.148 e. The molecule has 1 aromatic heterocycles. The molecule has 0 bridgehead atoms. The lowest BCUT2D eigenvalue weighted by Gasteiger charge is -2.06. The minimum absolute atomic E-state index is 0.628. The molecule has 0 saturated carbocycles. The molecule has 0 aliphatic carbocycles. The maximum Gasteiger partial charge on any atom is 0.148 e. The number of aromatic nitrogens is 2. The van der Waals surface area contributed by atoms with Gasteiger partial charge in [0.15, 0.2) is 0 Å². The van der Waals surface area contributed by atoms with Crippen molar-refractivity contribution in [2.45, 2.75) is 26.7 Å². The Morgan fingerprint density at radius 3 is 2.56 bits per heavy atom. The topological polar surface area (TPSA) is 49.8 Å². The van der Waals surface area contributed by atoms with E-state index < -0.39 is 0 Å². The van der Waals surface area contributed by atoms with E-state index in [4.69, 9.17) is 0 Å². The predicted molar refractivity (Wildman–Crippen MR) is 67.6 cm³/mol. The van der Waals surface area contributed by atoms with Gasteiger partial charge in [0.2, 0.25) is 0 Å². The third-order valence-electron chi connectivity index (χ3n) is 2.25. The molecular weight excluding hydrogens is 200 g/mol. The van der Waals surface area contributed by atoms with Crippen LogP contribution in [0.25, 0.3) is 0 Å². The Labute approximate surface area is 97.9 Å². The molecule has 16 heavy (non-hydrogen) atoms. The van der Waals surface area contributed by atoms with E-state index in [0.29, 0.717) is 5.92 Å². The van der Waals surface area contributed by atoms with E-state index in [1.54, 1.807) is 0 Å². The van der Waals surface area contributed by atoms with Crippen molar-refractivity contribution in [2.75, 3.05) is 25.5 Å². The summed E-state index contributed by atoms with van der Waals surface area (Å²) < 4.78 is 0. The summed E-state index contributed by atoms with van der Waals surface area (Å²) in [5, 5.41) is 14.7. The summed E-state index contributed by atoms with van der Waals surface area (Å²) in [4.78, 5) is 0. The zero-order valence-electron chi connectivity index (χ0n) is 10.5. The second-order valence-electron chi connectivity index (χ2n) is 4.39. The van der Waals surface area contributed by atoms with Crippen LogP contribution in [0, 0.1) is 5.92 Å². The maximum atomic E-state index is 4.19. The van der Waals surface area contributed by atoms with E-state index in [0.717, 1.165) is 37.4 Å². The molecule has 1 rings (SSSR count). The molecule has 0 aliphatic rings. The average molecular weight is 222 g/mol. The quantitative estimate of drug-likeness (QED) is 0.689. The van der Waals surface area contributed by atoms with Gasteiger partial charge < -0.3 is 10.6 Å². The van der Waals surface area contributed by atoms with Crippen molar-refractivity contribution in [1.82, 2.24) is 15.5 Å². The Hall–Kier alpha value is -1.16. The number of rotatable bonds is 7. The average Bonchev–Trinajstić information content (AvgIpc) is 2.26. The van der Waals surface area contributed by atoms with Crippen LogP contribution in [0.1, 0.15) is 26.0 Å². The minimum Gasteiger partial charge on any atom is -0.369 e. The zero-order chi connectivity index (χ0) is 11.8. The number of hydrogen-bond acceptors (Lipinski definition) is 4. The van der Waals surface area contributed by atoms with Crippen LogP contribution in [0.2, 0.25) is 0 Å². The fourth-order valence-electron chi connectivity index (χ4n) is 1.46. The SMILES string of the molecule is CNCCCNc1ccc(CC(C)C)nn1. The van der Waals surface area contributed by atoms with Crippen molar-refractivity contribution in [3.05, 3.63) is 17.8 Å². The summed E-state index contributed by atoms with van der Waals surface area (Å²) >= 11 is 0. The van der Waals surface area contributed by atoms with Crippen molar-refractivity contribution < 1.29 is 0 Å². The van der Waals surface area contributed by atoms with E-state index in [1.165, 1.54) is 0 Å². The first-order chi connectivity index (χ1) is 7.72. The molecule has 4 heteroatoms. The summed E-state index contributed by atoms with van der Waals surface area (Å²) in [6, 6.07) is 4.05. The molecule has 0 amide bonds. The number of nitrogens with zero attached hydrogens (tertiary/aromatic N) is 2. The maximum absolute atomic E-state index is 4.19. The molecule has 0 atom stereocenters. The number of hydrogen-bond donors (Lipinski definition) is 2. The van der Waals surface area contributed by atoms with Crippen LogP contribution < -0.4 is 10.6 Å². The molecule has 2 N–H and O–H groups in total. The van der Waals surface area contributed by atoms with Crippen molar-refractivity contribution in [3.8, 4) is 0 Å². The number of nitrogens with one attached hydrogen (secondary N) is 2. The molecule has 0 aliphatic heterocycles. The molecular formula is C12H22N4. The Morgan fingerprint density at radius 2 is 2.00 bits per heavy atom. The van der Waals surface area contributed by atoms with Crippen LogP contribution in [0.15, 0.2) is 12.1 Å². The van der Waals surface area contributed by atoms with Crippen LogP contribution in [0.3, 0.4) is 0 Å². The Kier molecular flexibility index (Phi) is 5.78. The van der Waals surface area contributed by atoms with Gasteiger partial charge in [-0.25, -0.2) is 0 Å². The van der Waals surface area contributed by atoms with Crippen LogP contribution in [-0.2, 0) is 6.42 Å². The molecule has 0 aromatic carbocycles. The second-order valence-corrected chi connectivity index (χ2v) is 4.39. The Bertz CT molecular complexity index is 282. The standard InChI is InChI=1S/C12H22N4/c1-10(2)9-11-5-6-12(16-15-11)14-8-4-7-13-3/h5-6,10,13H,4,7-9H2,1-3H3,(H,14,16). The van der Waals surface area contributed by atoms with Crippen molar-refractivity contribution in [3.63, 3.8) is 0 Å². The van der Waals surface area contributed by atoms with Crippen molar-refractivity contribution in [2.24, 2.45) is 5.92 Å². The van der Waals surface area contributed by atoms with Crippen LogP contribution >= 0.6 is 0 Å². The largest absolute Gasteiger partial charge is 0.369 e. The highest BCUT2D eigenvalue weighted by molar-refractivity contribution is 5.32. The van der Waals surface area contributed by atoms with Crippen LogP contribution in [0.5, 0.6) is 0 Å². The van der Waals surface area contributed by atoms with Crippen LogP contribution in [-0.4, -0.2) is 30.3 Å². The molecule has 4 nitrogen and oxygen atoms in total. The summed E-state index contributed by atoms with van der Waals surface area (Å²) in [5.41, 5.74) is 1.07. The molecule has 0 radical (unpaired) electrons. The summed E-state index contributed by atoms with van der Waals surface area (Å²) in [5.74, 6) is 1.49. The van der Waals surface area contributed by atoms with E-state index >= 15 is 0 Å². The highest BCUT2D eigenvalue weighted by Gasteiger charge is 2.00. The lowest BCUT2D eigenvalue weighted by molar-refractivity contribution is 0.628. The molecule has 0 unspecified atom stereocenters. The summed E-state index contributed by atoms with van der Waals surface area (Å²) in [7, 11) is 1.96. The fraction of sp³-hybridized carbons (Fsp3) is 0.667. The highest BCUT2D eigenvalue weighted by atomic mass is 15.2. The van der Waals surface area contributed by atoms with E-state index in [2.05, 4.69) is 34.7 Å². The molecule has 0 spiro atoms. The lowest BCUT2D eigenvalue weighted by Crippen LogP contribution is -2.13. The highest BCUT2D eigenvalue weighted by Crippen LogP contribution is 2.06. The van der Waals surface area contributed by atoms with Gasteiger partial charge in [-0.05, 0) is 44.5 Å². The molecule has 1 aromatic rings. The molecule has 0 fully saturated rings. The normalized spacial score (nSPS) is 10.8. The third kappa shape index (κ3) is 5.07. The van der Waals surface area contributed by atoms with Crippen molar-refractivity contribution in [1.29, 1.82) is 0 Å². The van der Waals surface area contributed by atoms with Gasteiger partial charge in [0, 0.05) is 6.54 Å². The Balaban J connectivity index is 2.33. The van der Waals surface area contributed by atoms with E-state index in [9.17, 15) is 0 Å². The van der Waals surface area contributed by atoms with E-state index in [-0.39, 0.29) is 0 Å². The van der Waals surface area contributed by atoms with E-state index in [1.807, 2.05) is 19.2 Å². The molecule has 90 valence electrons. The zero-order valence-corrected chi connectivity index (χ0v) is 10.5. The molecule has 0 saturated heterocycles. The first-order valence-corrected chi connectivity index (χ1v) is 5.93. The van der Waals surface area contributed by atoms with Gasteiger partial charge in [0.1, 0.15) is 5.82 Å². The van der Waals surface area contributed by atoms with Gasteiger partial charge in [-0.1, -0.05) is 13.8 Å². The van der Waals surface area contributed by atoms with Gasteiger partial charge in [-0.15, -0.1) is 5.10 Å². The minimum atomic E-state index is 0.628. The van der Waals surface area contributed by atoms with Gasteiger partial charge >= 0.3 is 0 Å². The second kappa shape index (κ2) is 7.17. The monoisotopic (exact) mass is 222 g/mol. The third-order valence-corrected chi connectivity index (χ3v) is 2.25. The van der Waals surface area contributed by atoms with Gasteiger partial charge in [-0.3, -0.25) is 0 Å². The summed E-state index contributed by atoms with van der Waals surface area (Å²) in [6.07, 6.45) is 2.08. The Morgan fingerprint density at radius 1 is 1.19 bits per heavy atom. The van der Waals surface area contributed by atoms with Crippen LogP contribution in [0.4, 0.5) is 5.82 Å². The van der Waals surface area contributed by atoms with Crippen molar-refractivity contribution >= 4 is 5.82 Å². The predicted octanol–water partition coefficient (Wildman–Crippen LogP) is 1.70. The van der Waals surface area contributed by atoms with Gasteiger partial charge in [0.25, 0.3) is 0 Å². The lowest BCUT2D eigenvalue weighted by atomic mass is 10.1. The fourth-order valence-corrected chi connectivity index (χ4v) is 1.46. The first-order valence-electron chi connectivity index (χ1n) is 5.93. The first kappa shape index (κ1) is 12.9. The van der Waals surface area contributed by atoms with Gasteiger partial charge in [-0.2, -0.15) is 5.10 Å². The van der Waals surface area contributed by atoms with Gasteiger partial charge in [0.05, 0.1) is 5.69 Å². The summed E-state index contributed by atoms with van der Waals surface area (Å²) in [6.45, 7) is 6.32. The number of anilines is 1. The molecule has 1 heterocycles.